The fourth-order valence-electron chi connectivity index (χ4n) is 4.34. The Kier molecular flexibility index (Phi) is 7.22. The zero-order valence-electron chi connectivity index (χ0n) is 20.3. The second-order valence-corrected chi connectivity index (χ2v) is 9.03. The van der Waals surface area contributed by atoms with E-state index in [-0.39, 0.29) is 12.1 Å². The van der Waals surface area contributed by atoms with Crippen LogP contribution in [0.3, 0.4) is 0 Å². The molecule has 0 aliphatic carbocycles. The molecule has 3 N–H and O–H groups in total. The fraction of sp³-hybridized carbons (Fsp3) is 0.308. The van der Waals surface area contributed by atoms with Crippen LogP contribution in [0.15, 0.2) is 48.8 Å². The van der Waals surface area contributed by atoms with Crippen molar-refractivity contribution in [3.05, 3.63) is 66.1 Å². The first-order valence-corrected chi connectivity index (χ1v) is 12.1. The molecule has 37 heavy (non-hydrogen) atoms. The van der Waals surface area contributed by atoms with Crippen LogP contribution in [0.25, 0.3) is 10.9 Å². The molecule has 1 aliphatic rings. The van der Waals surface area contributed by atoms with Gasteiger partial charge in [-0.05, 0) is 57.1 Å². The van der Waals surface area contributed by atoms with Crippen molar-refractivity contribution in [3.63, 3.8) is 0 Å². The number of H-pyrrole nitrogens is 1. The van der Waals surface area contributed by atoms with E-state index in [1.54, 1.807) is 6.07 Å². The monoisotopic (exact) mass is 507 g/mol. The molecule has 5 rings (SSSR count). The van der Waals surface area contributed by atoms with Crippen LogP contribution in [0.2, 0.25) is 0 Å². The van der Waals surface area contributed by atoms with Crippen molar-refractivity contribution in [1.29, 1.82) is 0 Å². The highest BCUT2D eigenvalue weighted by atomic mass is 19.2. The van der Waals surface area contributed by atoms with Crippen LogP contribution in [-0.4, -0.2) is 56.7 Å². The number of fused-ring (bicyclic) bond motifs is 1. The second kappa shape index (κ2) is 10.9. The number of anilines is 3. The number of ether oxygens (including phenoxy) is 1. The summed E-state index contributed by atoms with van der Waals surface area (Å²) in [5.74, 6) is -0.915. The van der Waals surface area contributed by atoms with Gasteiger partial charge in [0.05, 0.1) is 17.6 Å². The molecule has 11 heteroatoms. The number of aromatic nitrogens is 4. The van der Waals surface area contributed by atoms with Crippen molar-refractivity contribution in [2.75, 3.05) is 30.3 Å². The van der Waals surface area contributed by atoms with Gasteiger partial charge in [0.15, 0.2) is 17.5 Å². The minimum absolute atomic E-state index is 0.105. The Morgan fingerprint density at radius 1 is 1.16 bits per heavy atom. The van der Waals surface area contributed by atoms with E-state index >= 15 is 0 Å². The van der Waals surface area contributed by atoms with Crippen molar-refractivity contribution in [3.8, 4) is 5.75 Å². The number of likely N-dealkylation sites (tertiary alicyclic amines) is 1. The van der Waals surface area contributed by atoms with Gasteiger partial charge in [-0.2, -0.15) is 5.10 Å². The smallest absolute Gasteiger partial charge is 0.230 e. The quantitative estimate of drug-likeness (QED) is 0.308. The number of amides is 1. The van der Waals surface area contributed by atoms with E-state index in [1.807, 2.05) is 18.2 Å². The van der Waals surface area contributed by atoms with Crippen LogP contribution >= 0.6 is 0 Å². The number of benzene rings is 2. The van der Waals surface area contributed by atoms with E-state index in [0.717, 1.165) is 35.8 Å². The molecular formula is C26H27F2N7O2. The van der Waals surface area contributed by atoms with Gasteiger partial charge in [-0.25, -0.2) is 18.7 Å². The SMILES string of the molecule is CC(COc1ccc2c(Nc3cc(CC(=O)Nc4cccc(F)c4F)[nH]n3)ncnc2c1)N1CCCC1. The molecule has 3 heterocycles. The molecule has 0 bridgehead atoms. The molecule has 1 aliphatic heterocycles. The van der Waals surface area contributed by atoms with E-state index in [4.69, 9.17) is 4.74 Å². The Balaban J connectivity index is 1.21. The first-order valence-electron chi connectivity index (χ1n) is 12.1. The maximum absolute atomic E-state index is 13.8. The van der Waals surface area contributed by atoms with E-state index in [9.17, 15) is 13.6 Å². The molecule has 1 fully saturated rings. The number of hydrogen-bond donors (Lipinski definition) is 3. The zero-order chi connectivity index (χ0) is 25.8. The molecule has 1 unspecified atom stereocenters. The lowest BCUT2D eigenvalue weighted by Gasteiger charge is -2.23. The van der Waals surface area contributed by atoms with Crippen LogP contribution in [0.5, 0.6) is 5.75 Å². The van der Waals surface area contributed by atoms with Crippen LogP contribution < -0.4 is 15.4 Å². The Bertz CT molecular complexity index is 1400. The normalized spacial score (nSPS) is 14.6. The average Bonchev–Trinajstić information content (AvgIpc) is 3.58. The predicted molar refractivity (Wildman–Crippen MR) is 136 cm³/mol. The zero-order valence-corrected chi connectivity index (χ0v) is 20.3. The van der Waals surface area contributed by atoms with Crippen molar-refractivity contribution in [1.82, 2.24) is 25.1 Å². The highest BCUT2D eigenvalue weighted by molar-refractivity contribution is 5.93. The summed E-state index contributed by atoms with van der Waals surface area (Å²) in [6.45, 7) is 5.03. The molecule has 192 valence electrons. The third-order valence-electron chi connectivity index (χ3n) is 6.32. The molecule has 2 aromatic carbocycles. The summed E-state index contributed by atoms with van der Waals surface area (Å²) < 4.78 is 33.2. The van der Waals surface area contributed by atoms with Crippen molar-refractivity contribution < 1.29 is 18.3 Å². The third-order valence-corrected chi connectivity index (χ3v) is 6.32. The minimum Gasteiger partial charge on any atom is -0.492 e. The number of halogens is 2. The lowest BCUT2D eigenvalue weighted by atomic mass is 10.2. The van der Waals surface area contributed by atoms with Crippen LogP contribution in [0, 0.1) is 11.6 Å². The van der Waals surface area contributed by atoms with Gasteiger partial charge in [-0.1, -0.05) is 6.07 Å². The van der Waals surface area contributed by atoms with Gasteiger partial charge in [0.2, 0.25) is 5.91 Å². The van der Waals surface area contributed by atoms with E-state index in [0.29, 0.717) is 30.0 Å². The van der Waals surface area contributed by atoms with Gasteiger partial charge in [-0.15, -0.1) is 0 Å². The van der Waals surface area contributed by atoms with E-state index in [2.05, 4.69) is 42.6 Å². The van der Waals surface area contributed by atoms with Gasteiger partial charge in [0.25, 0.3) is 0 Å². The Labute approximate surface area is 212 Å². The summed E-state index contributed by atoms with van der Waals surface area (Å²) in [6.07, 6.45) is 3.83. The molecular weight excluding hydrogens is 480 g/mol. The lowest BCUT2D eigenvalue weighted by molar-refractivity contribution is -0.115. The Hall–Kier alpha value is -4.12. The summed E-state index contributed by atoms with van der Waals surface area (Å²) >= 11 is 0. The standard InChI is InChI=1S/C26H27F2N7O2/c1-16(35-9-2-3-10-35)14-37-18-7-8-19-22(13-18)29-15-30-26(19)32-23-11-17(33-34-23)12-24(36)31-21-6-4-5-20(27)25(21)28/h4-8,11,13,15-16H,2-3,9-10,12,14H2,1H3,(H,31,36)(H2,29,30,32,33,34). The first-order chi connectivity index (χ1) is 18.0. The topological polar surface area (TPSA) is 108 Å². The molecule has 2 aromatic heterocycles. The third kappa shape index (κ3) is 5.83. The highest BCUT2D eigenvalue weighted by Gasteiger charge is 2.18. The number of carbonyl (C=O) groups excluding carboxylic acids is 1. The highest BCUT2D eigenvalue weighted by Crippen LogP contribution is 2.26. The number of rotatable bonds is 9. The summed E-state index contributed by atoms with van der Waals surface area (Å²) in [6, 6.07) is 11.3. The van der Waals surface area contributed by atoms with Crippen molar-refractivity contribution in [2.45, 2.75) is 32.2 Å². The van der Waals surface area contributed by atoms with Gasteiger partial charge in [-0.3, -0.25) is 14.8 Å². The summed E-state index contributed by atoms with van der Waals surface area (Å²) in [5.41, 5.74) is 0.984. The summed E-state index contributed by atoms with van der Waals surface area (Å²) in [7, 11) is 0. The Morgan fingerprint density at radius 2 is 2.00 bits per heavy atom. The van der Waals surface area contributed by atoms with E-state index in [1.165, 1.54) is 31.3 Å². The van der Waals surface area contributed by atoms with Crippen LogP contribution in [-0.2, 0) is 11.2 Å². The maximum atomic E-state index is 13.8. The molecule has 9 nitrogen and oxygen atoms in total. The van der Waals surface area contributed by atoms with E-state index < -0.39 is 17.5 Å². The number of nitrogens with zero attached hydrogens (tertiary/aromatic N) is 4. The number of hydrogen-bond acceptors (Lipinski definition) is 7. The van der Waals surface area contributed by atoms with Crippen LogP contribution in [0.1, 0.15) is 25.5 Å². The molecule has 4 aromatic rings. The maximum Gasteiger partial charge on any atom is 0.230 e. The molecule has 0 radical (unpaired) electrons. The van der Waals surface area contributed by atoms with Gasteiger partial charge >= 0.3 is 0 Å². The molecule has 0 spiro atoms. The largest absolute Gasteiger partial charge is 0.492 e. The fourth-order valence-corrected chi connectivity index (χ4v) is 4.34. The number of nitrogens with one attached hydrogen (secondary N) is 3. The second-order valence-electron chi connectivity index (χ2n) is 9.03. The summed E-state index contributed by atoms with van der Waals surface area (Å²) in [4.78, 5) is 23.4. The summed E-state index contributed by atoms with van der Waals surface area (Å²) in [5, 5.41) is 13.2. The predicted octanol–water partition coefficient (Wildman–Crippen LogP) is 4.42. The van der Waals surface area contributed by atoms with Gasteiger partial charge in [0, 0.05) is 29.3 Å². The van der Waals surface area contributed by atoms with Crippen molar-refractivity contribution in [2.24, 2.45) is 0 Å². The molecule has 0 saturated carbocycles. The number of carbonyl (C=O) groups is 1. The molecule has 1 saturated heterocycles. The van der Waals surface area contributed by atoms with Crippen LogP contribution in [0.4, 0.5) is 26.1 Å². The van der Waals surface area contributed by atoms with Gasteiger partial charge < -0.3 is 15.4 Å². The first kappa shape index (κ1) is 24.6. The number of aromatic amines is 1. The molecule has 1 amide bonds. The average molecular weight is 508 g/mol. The lowest BCUT2D eigenvalue weighted by Crippen LogP contribution is -2.34. The van der Waals surface area contributed by atoms with Crippen molar-refractivity contribution >= 4 is 34.1 Å². The molecule has 1 atom stereocenters. The minimum atomic E-state index is -1.10. The van der Waals surface area contributed by atoms with Gasteiger partial charge in [0.1, 0.15) is 24.5 Å². The Morgan fingerprint density at radius 3 is 2.84 bits per heavy atom.